The van der Waals surface area contributed by atoms with Gasteiger partial charge in [-0.15, -0.1) is 0 Å². The molecule has 3 fully saturated rings. The molecule has 0 bridgehead atoms. The van der Waals surface area contributed by atoms with Crippen LogP contribution in [0.25, 0.3) is 0 Å². The second-order valence-corrected chi connectivity index (χ2v) is 15.3. The number of nitrogens with two attached hydrogens (primary N) is 1. The average molecular weight is 601 g/mol. The minimum Gasteiger partial charge on any atom is -0.368 e. The second kappa shape index (κ2) is 11.9. The van der Waals surface area contributed by atoms with Crippen LogP contribution < -0.4 is 11.1 Å². The molecule has 3 N–H and O–H groups in total. The maximum absolute atomic E-state index is 14.8. The molecule has 232 valence electrons. The van der Waals surface area contributed by atoms with Crippen LogP contribution in [0.5, 0.6) is 0 Å². The Morgan fingerprint density at radius 3 is 2.17 bits per heavy atom. The standard InChI is InChI=1S/C33H49ClN4O4/c1-20(2)27(39)33(19-36-17-25(33)21-8-10-22(34)11-9-21)30(42)37-18-24(16-26(37)28(35)40)38(29(41)31(3,4)5)23-12-14-32(6,7)15-13-23/h8-11,20,23-26,36H,12-19H2,1-7H3,(H2,35,40)/t24?,25-,26+,33-/m1/s1. The number of ketones is 1. The Hall–Kier alpha value is -2.45. The van der Waals surface area contributed by atoms with Crippen LogP contribution in [-0.2, 0) is 19.2 Å². The smallest absolute Gasteiger partial charge is 0.240 e. The van der Waals surface area contributed by atoms with E-state index in [1.165, 1.54) is 4.90 Å². The molecule has 0 spiro atoms. The number of carbonyl (C=O) groups is 4. The van der Waals surface area contributed by atoms with Crippen LogP contribution in [-0.4, -0.2) is 71.1 Å². The molecule has 2 heterocycles. The molecule has 42 heavy (non-hydrogen) atoms. The molecular formula is C33H49ClN4O4. The van der Waals surface area contributed by atoms with Crippen LogP contribution in [0.2, 0.25) is 5.02 Å². The number of hydrogen-bond acceptors (Lipinski definition) is 5. The predicted molar refractivity (Wildman–Crippen MR) is 165 cm³/mol. The number of nitrogens with one attached hydrogen (secondary N) is 1. The van der Waals surface area contributed by atoms with Crippen LogP contribution in [0, 0.1) is 22.2 Å². The number of primary amides is 1. The van der Waals surface area contributed by atoms with Gasteiger partial charge in [0.15, 0.2) is 5.78 Å². The molecule has 3 aliphatic rings. The molecular weight excluding hydrogens is 552 g/mol. The number of rotatable bonds is 7. The van der Waals surface area contributed by atoms with Gasteiger partial charge in [-0.3, -0.25) is 19.2 Å². The topological polar surface area (TPSA) is 113 Å². The van der Waals surface area contributed by atoms with Crippen LogP contribution in [0.15, 0.2) is 24.3 Å². The Labute approximate surface area is 256 Å². The highest BCUT2D eigenvalue weighted by atomic mass is 35.5. The fraction of sp³-hybridized carbons (Fsp3) is 0.697. The maximum atomic E-state index is 14.8. The van der Waals surface area contributed by atoms with E-state index in [9.17, 15) is 19.2 Å². The second-order valence-electron chi connectivity index (χ2n) is 14.8. The van der Waals surface area contributed by atoms with Gasteiger partial charge in [-0.25, -0.2) is 0 Å². The van der Waals surface area contributed by atoms with E-state index in [1.54, 1.807) is 26.0 Å². The molecule has 4 rings (SSSR count). The number of hydrogen-bond donors (Lipinski definition) is 2. The van der Waals surface area contributed by atoms with Crippen LogP contribution in [0.1, 0.15) is 92.1 Å². The van der Waals surface area contributed by atoms with Gasteiger partial charge in [0.25, 0.3) is 0 Å². The van der Waals surface area contributed by atoms with Crippen LogP contribution in [0.4, 0.5) is 0 Å². The molecule has 1 saturated carbocycles. The molecule has 2 saturated heterocycles. The Morgan fingerprint density at radius 2 is 1.64 bits per heavy atom. The Kier molecular flexibility index (Phi) is 9.21. The lowest BCUT2D eigenvalue weighted by Crippen LogP contribution is -2.57. The molecule has 2 aliphatic heterocycles. The molecule has 1 aromatic rings. The first-order chi connectivity index (χ1) is 19.5. The largest absolute Gasteiger partial charge is 0.368 e. The maximum Gasteiger partial charge on any atom is 0.240 e. The minimum absolute atomic E-state index is 0.0178. The number of carbonyl (C=O) groups excluding carboxylic acids is 4. The fourth-order valence-corrected chi connectivity index (χ4v) is 7.48. The highest BCUT2D eigenvalue weighted by molar-refractivity contribution is 6.30. The van der Waals surface area contributed by atoms with E-state index in [0.29, 0.717) is 11.6 Å². The van der Waals surface area contributed by atoms with E-state index in [0.717, 1.165) is 31.2 Å². The zero-order valence-corrected chi connectivity index (χ0v) is 27.1. The Bertz CT molecular complexity index is 1200. The quantitative estimate of drug-likeness (QED) is 0.446. The molecule has 1 aliphatic carbocycles. The normalized spacial score (nSPS) is 28.2. The van der Waals surface area contributed by atoms with Crippen molar-refractivity contribution in [2.75, 3.05) is 19.6 Å². The van der Waals surface area contributed by atoms with Crippen molar-refractivity contribution in [3.8, 4) is 0 Å². The third kappa shape index (κ3) is 6.12. The van der Waals surface area contributed by atoms with Crippen molar-refractivity contribution in [1.82, 2.24) is 15.1 Å². The summed E-state index contributed by atoms with van der Waals surface area (Å²) in [5, 5.41) is 3.88. The van der Waals surface area contributed by atoms with Gasteiger partial charge >= 0.3 is 0 Å². The third-order valence-corrected chi connectivity index (χ3v) is 10.1. The molecule has 4 atom stereocenters. The van der Waals surface area contributed by atoms with Gasteiger partial charge in [-0.1, -0.05) is 72.2 Å². The van der Waals surface area contributed by atoms with Gasteiger partial charge in [0, 0.05) is 47.9 Å². The molecule has 0 aromatic heterocycles. The van der Waals surface area contributed by atoms with E-state index in [-0.39, 0.29) is 54.6 Å². The summed E-state index contributed by atoms with van der Waals surface area (Å²) in [7, 11) is 0. The van der Waals surface area contributed by atoms with Crippen molar-refractivity contribution in [2.45, 2.75) is 105 Å². The lowest BCUT2D eigenvalue weighted by Gasteiger charge is -2.45. The van der Waals surface area contributed by atoms with E-state index >= 15 is 0 Å². The lowest BCUT2D eigenvalue weighted by atomic mass is 9.67. The van der Waals surface area contributed by atoms with Crippen molar-refractivity contribution < 1.29 is 19.2 Å². The fourth-order valence-electron chi connectivity index (χ4n) is 7.36. The number of nitrogens with zero attached hydrogens (tertiary/aromatic N) is 2. The number of likely N-dealkylation sites (tertiary alicyclic amines) is 1. The Morgan fingerprint density at radius 1 is 1.05 bits per heavy atom. The number of Topliss-reactive ketones (excluding diaryl/α,β-unsaturated/α-hetero) is 1. The predicted octanol–water partition coefficient (Wildman–Crippen LogP) is 4.54. The summed E-state index contributed by atoms with van der Waals surface area (Å²) < 4.78 is 0. The summed E-state index contributed by atoms with van der Waals surface area (Å²) in [6, 6.07) is 6.03. The van der Waals surface area contributed by atoms with Crippen molar-refractivity contribution in [3.05, 3.63) is 34.9 Å². The van der Waals surface area contributed by atoms with E-state index in [2.05, 4.69) is 19.2 Å². The summed E-state index contributed by atoms with van der Waals surface area (Å²) in [6.07, 6.45) is 4.02. The average Bonchev–Trinajstić information content (AvgIpc) is 3.55. The zero-order valence-electron chi connectivity index (χ0n) is 26.3. The molecule has 3 amide bonds. The van der Waals surface area contributed by atoms with Crippen molar-refractivity contribution in [2.24, 2.45) is 27.9 Å². The summed E-state index contributed by atoms with van der Waals surface area (Å²) >= 11 is 6.16. The molecule has 9 heteroatoms. The Balaban J connectivity index is 1.74. The molecule has 1 unspecified atom stereocenters. The summed E-state index contributed by atoms with van der Waals surface area (Å²) in [6.45, 7) is 14.7. The van der Waals surface area contributed by atoms with Crippen molar-refractivity contribution >= 4 is 35.1 Å². The monoisotopic (exact) mass is 600 g/mol. The first-order valence-electron chi connectivity index (χ1n) is 15.4. The number of benzene rings is 1. The number of amides is 3. The van der Waals surface area contributed by atoms with Gasteiger partial charge in [0.1, 0.15) is 11.5 Å². The zero-order chi connectivity index (χ0) is 31.2. The van der Waals surface area contributed by atoms with Gasteiger partial charge in [0.2, 0.25) is 17.7 Å². The molecule has 8 nitrogen and oxygen atoms in total. The number of halogens is 1. The first-order valence-corrected chi connectivity index (χ1v) is 15.8. The van der Waals surface area contributed by atoms with Crippen LogP contribution in [0.3, 0.4) is 0 Å². The summed E-state index contributed by atoms with van der Waals surface area (Å²) in [5.74, 6) is -1.98. The van der Waals surface area contributed by atoms with Crippen LogP contribution >= 0.6 is 11.6 Å². The van der Waals surface area contributed by atoms with Gasteiger partial charge in [0.05, 0.1) is 6.04 Å². The van der Waals surface area contributed by atoms with Gasteiger partial charge < -0.3 is 20.9 Å². The van der Waals surface area contributed by atoms with E-state index in [1.807, 2.05) is 37.8 Å². The van der Waals surface area contributed by atoms with E-state index < -0.39 is 34.6 Å². The van der Waals surface area contributed by atoms with E-state index in [4.69, 9.17) is 17.3 Å². The summed E-state index contributed by atoms with van der Waals surface area (Å²) in [5.41, 5.74) is 4.98. The van der Waals surface area contributed by atoms with Gasteiger partial charge in [-0.05, 0) is 55.2 Å². The minimum atomic E-state index is -1.40. The highest BCUT2D eigenvalue weighted by Gasteiger charge is 2.59. The lowest BCUT2D eigenvalue weighted by molar-refractivity contribution is -0.154. The summed E-state index contributed by atoms with van der Waals surface area (Å²) in [4.78, 5) is 59.3. The van der Waals surface area contributed by atoms with Gasteiger partial charge in [-0.2, -0.15) is 0 Å². The van der Waals surface area contributed by atoms with Crippen molar-refractivity contribution in [1.29, 1.82) is 0 Å². The highest BCUT2D eigenvalue weighted by Crippen LogP contribution is 2.46. The molecule has 1 aromatic carbocycles. The SMILES string of the molecule is CC(C)C(=O)[C@@]1(C(=O)N2CC(N(C(=O)C(C)(C)C)C3CCC(C)(C)CC3)C[C@H]2C(N)=O)CNC[C@@H]1c1ccc(Cl)cc1. The van der Waals surface area contributed by atoms with Crippen molar-refractivity contribution in [3.63, 3.8) is 0 Å². The molecule has 0 radical (unpaired) electrons. The first kappa shape index (κ1) is 32.5. The third-order valence-electron chi connectivity index (χ3n) is 9.81.